The van der Waals surface area contributed by atoms with Crippen LogP contribution in [0.4, 0.5) is 0 Å². The Hall–Kier alpha value is -5.42. The van der Waals surface area contributed by atoms with Gasteiger partial charge in [0, 0.05) is 0 Å². The van der Waals surface area contributed by atoms with Crippen LogP contribution in [0.3, 0.4) is 0 Å². The second kappa shape index (κ2) is 14.2. The lowest BCUT2D eigenvalue weighted by molar-refractivity contribution is 0.414. The normalized spacial score (nSPS) is 11.8. The van der Waals surface area contributed by atoms with Gasteiger partial charge in [-0.2, -0.15) is 0 Å². The molecule has 222 valence electrons. The van der Waals surface area contributed by atoms with Crippen LogP contribution in [-0.4, -0.2) is 35.5 Å². The van der Waals surface area contributed by atoms with Crippen LogP contribution < -0.4 is 23.7 Å². The topological polar surface area (TPSA) is 46.2 Å². The summed E-state index contributed by atoms with van der Waals surface area (Å²) < 4.78 is 28.2. The second-order valence-electron chi connectivity index (χ2n) is 10.0. The molecular weight excluding hydrogens is 548 g/mol. The third-order valence-corrected chi connectivity index (χ3v) is 7.40. The molecule has 0 heterocycles. The molecule has 0 unspecified atom stereocenters. The summed E-state index contributed by atoms with van der Waals surface area (Å²) >= 11 is 0. The van der Waals surface area contributed by atoms with E-state index < -0.39 is 0 Å². The molecule has 0 amide bonds. The van der Waals surface area contributed by atoms with Crippen molar-refractivity contribution in [2.45, 2.75) is 0 Å². The second-order valence-corrected chi connectivity index (χ2v) is 10.0. The van der Waals surface area contributed by atoms with E-state index in [-0.39, 0.29) is 0 Å². The van der Waals surface area contributed by atoms with Crippen molar-refractivity contribution < 1.29 is 23.7 Å². The van der Waals surface area contributed by atoms with E-state index in [1.54, 1.807) is 35.5 Å². The average Bonchev–Trinajstić information content (AvgIpc) is 3.10. The minimum Gasteiger partial charge on any atom is -0.497 e. The average molecular weight is 585 g/mol. The number of hydrogen-bond donors (Lipinski definition) is 0. The van der Waals surface area contributed by atoms with Gasteiger partial charge in [0.15, 0.2) is 0 Å². The van der Waals surface area contributed by atoms with Gasteiger partial charge >= 0.3 is 0 Å². The van der Waals surface area contributed by atoms with E-state index >= 15 is 0 Å². The summed E-state index contributed by atoms with van der Waals surface area (Å²) in [5.74, 6) is 3.83. The van der Waals surface area contributed by atoms with Crippen LogP contribution in [0.1, 0.15) is 27.8 Å². The molecule has 0 radical (unpaired) electrons. The molecule has 5 aromatic rings. The Kier molecular flexibility index (Phi) is 9.68. The summed E-state index contributed by atoms with van der Waals surface area (Å²) in [6.45, 7) is 0. The van der Waals surface area contributed by atoms with Crippen LogP contribution in [0.2, 0.25) is 0 Å². The lowest BCUT2D eigenvalue weighted by Gasteiger charge is -2.22. The van der Waals surface area contributed by atoms with Crippen LogP contribution in [0.5, 0.6) is 28.7 Å². The van der Waals surface area contributed by atoms with Crippen molar-refractivity contribution in [1.29, 1.82) is 0 Å². The maximum atomic E-state index is 5.72. The molecule has 0 aliphatic rings. The molecule has 0 atom stereocenters. The van der Waals surface area contributed by atoms with Crippen molar-refractivity contribution in [2.24, 2.45) is 0 Å². The van der Waals surface area contributed by atoms with Gasteiger partial charge in [-0.05, 0) is 111 Å². The van der Waals surface area contributed by atoms with Crippen molar-refractivity contribution in [3.05, 3.63) is 149 Å². The minimum atomic E-state index is 0.756. The monoisotopic (exact) mass is 584 g/mol. The Morgan fingerprint density at radius 2 is 0.864 bits per heavy atom. The standard InChI is InChI=1S/C39H36O5/c1-40-32-20-18-28(19-21-32)38(30-12-8-16-35(25-30)43-4)39(31-13-9-17-36(26-31)44-5)37(29-11-7-15-34(24-29)42-3)23-27-10-6-14-33(22-27)41-2/h6-26H,1-5H3/b37-23-,39-38+. The third kappa shape index (κ3) is 6.79. The number of rotatable bonds is 11. The van der Waals surface area contributed by atoms with E-state index in [4.69, 9.17) is 23.7 Å². The first kappa shape index (κ1) is 30.1. The molecule has 44 heavy (non-hydrogen) atoms. The van der Waals surface area contributed by atoms with E-state index in [9.17, 15) is 0 Å². The molecule has 5 aromatic carbocycles. The van der Waals surface area contributed by atoms with E-state index in [1.165, 1.54) is 0 Å². The van der Waals surface area contributed by atoms with Gasteiger partial charge in [-0.3, -0.25) is 0 Å². The number of benzene rings is 5. The maximum Gasteiger partial charge on any atom is 0.119 e. The molecule has 0 fully saturated rings. The van der Waals surface area contributed by atoms with Gasteiger partial charge in [-0.25, -0.2) is 0 Å². The maximum absolute atomic E-state index is 5.72. The van der Waals surface area contributed by atoms with Crippen LogP contribution in [-0.2, 0) is 0 Å². The zero-order chi connectivity index (χ0) is 30.9. The molecule has 0 aliphatic heterocycles. The molecule has 0 spiro atoms. The number of methoxy groups -OCH3 is 5. The fourth-order valence-electron chi connectivity index (χ4n) is 5.19. The number of hydrogen-bond acceptors (Lipinski definition) is 5. The first-order valence-electron chi connectivity index (χ1n) is 14.2. The summed E-state index contributed by atoms with van der Waals surface area (Å²) in [4.78, 5) is 0. The Balaban J connectivity index is 1.96. The fraction of sp³-hybridized carbons (Fsp3) is 0.128. The lowest BCUT2D eigenvalue weighted by atomic mass is 9.82. The zero-order valence-corrected chi connectivity index (χ0v) is 25.7. The molecule has 5 nitrogen and oxygen atoms in total. The Morgan fingerprint density at radius 3 is 1.43 bits per heavy atom. The molecular formula is C39H36O5. The van der Waals surface area contributed by atoms with Crippen molar-refractivity contribution >= 4 is 22.8 Å². The van der Waals surface area contributed by atoms with Gasteiger partial charge < -0.3 is 23.7 Å². The van der Waals surface area contributed by atoms with Crippen molar-refractivity contribution in [3.63, 3.8) is 0 Å². The van der Waals surface area contributed by atoms with Gasteiger partial charge in [0.25, 0.3) is 0 Å². The van der Waals surface area contributed by atoms with E-state index in [0.717, 1.165) is 73.3 Å². The van der Waals surface area contributed by atoms with Crippen molar-refractivity contribution in [1.82, 2.24) is 0 Å². The number of ether oxygens (including phenoxy) is 5. The highest BCUT2D eigenvalue weighted by molar-refractivity contribution is 6.21. The predicted molar refractivity (Wildman–Crippen MR) is 179 cm³/mol. The van der Waals surface area contributed by atoms with Crippen molar-refractivity contribution in [3.8, 4) is 28.7 Å². The highest BCUT2D eigenvalue weighted by Gasteiger charge is 2.21. The first-order valence-corrected chi connectivity index (χ1v) is 14.2. The molecule has 0 aliphatic carbocycles. The predicted octanol–water partition coefficient (Wildman–Crippen LogP) is 8.93. The summed E-state index contributed by atoms with van der Waals surface area (Å²) in [7, 11) is 8.40. The lowest BCUT2D eigenvalue weighted by Crippen LogP contribution is -2.00. The van der Waals surface area contributed by atoms with Gasteiger partial charge in [0.1, 0.15) is 28.7 Å². The van der Waals surface area contributed by atoms with Gasteiger partial charge in [0.05, 0.1) is 35.5 Å². The third-order valence-electron chi connectivity index (χ3n) is 7.40. The summed E-state index contributed by atoms with van der Waals surface area (Å²) in [5, 5.41) is 0. The van der Waals surface area contributed by atoms with E-state index in [2.05, 4.69) is 60.7 Å². The molecule has 5 rings (SSSR count). The van der Waals surface area contributed by atoms with Crippen LogP contribution >= 0.6 is 0 Å². The molecule has 0 saturated carbocycles. The summed E-state index contributed by atoms with van der Waals surface area (Å²) in [5.41, 5.74) is 7.95. The van der Waals surface area contributed by atoms with Crippen LogP contribution in [0, 0.1) is 0 Å². The fourth-order valence-corrected chi connectivity index (χ4v) is 5.19. The zero-order valence-electron chi connectivity index (χ0n) is 25.7. The highest BCUT2D eigenvalue weighted by Crippen LogP contribution is 2.44. The van der Waals surface area contributed by atoms with Crippen LogP contribution in [0.25, 0.3) is 22.8 Å². The summed E-state index contributed by atoms with van der Waals surface area (Å²) in [6, 6.07) is 40.6. The molecule has 0 N–H and O–H groups in total. The smallest absolute Gasteiger partial charge is 0.119 e. The molecule has 0 bridgehead atoms. The van der Waals surface area contributed by atoms with Crippen molar-refractivity contribution in [2.75, 3.05) is 35.5 Å². The quantitative estimate of drug-likeness (QED) is 0.115. The Labute approximate surface area is 259 Å². The van der Waals surface area contributed by atoms with Gasteiger partial charge in [-0.1, -0.05) is 60.7 Å². The molecule has 5 heteroatoms. The number of allylic oxidation sites excluding steroid dienone is 2. The highest BCUT2D eigenvalue weighted by atomic mass is 16.5. The molecule has 0 saturated heterocycles. The SMILES string of the molecule is COc1ccc(/C(=C(\C(=C/c2cccc(OC)c2)c2cccc(OC)c2)c2cccc(OC)c2)c2cccc(OC)c2)cc1. The van der Waals surface area contributed by atoms with E-state index in [0.29, 0.717) is 0 Å². The van der Waals surface area contributed by atoms with Gasteiger partial charge in [0.2, 0.25) is 0 Å². The van der Waals surface area contributed by atoms with Crippen LogP contribution in [0.15, 0.2) is 121 Å². The Morgan fingerprint density at radius 1 is 0.409 bits per heavy atom. The largest absolute Gasteiger partial charge is 0.497 e. The van der Waals surface area contributed by atoms with E-state index in [1.807, 2.05) is 66.7 Å². The Bertz CT molecular complexity index is 1780. The minimum absolute atomic E-state index is 0.756. The van der Waals surface area contributed by atoms with Gasteiger partial charge in [-0.15, -0.1) is 0 Å². The first-order chi connectivity index (χ1) is 21.6. The summed E-state index contributed by atoms with van der Waals surface area (Å²) in [6.07, 6.45) is 2.19. The molecule has 0 aromatic heterocycles.